The lowest BCUT2D eigenvalue weighted by Gasteiger charge is -2.11. The maximum atomic E-state index is 11.9. The molecule has 0 amide bonds. The van der Waals surface area contributed by atoms with Gasteiger partial charge in [0.25, 0.3) is 5.24 Å². The van der Waals surface area contributed by atoms with Crippen molar-refractivity contribution in [1.29, 1.82) is 0 Å². The maximum Gasteiger partial charge on any atom is 0.253 e. The Morgan fingerprint density at radius 3 is 2.50 bits per heavy atom. The molecule has 0 fully saturated rings. The van der Waals surface area contributed by atoms with Gasteiger partial charge in [0.1, 0.15) is 0 Å². The highest BCUT2D eigenvalue weighted by atomic mass is 35.5. The number of para-hydroxylation sites is 1. The van der Waals surface area contributed by atoms with E-state index in [1.165, 1.54) is 5.56 Å². The normalized spacial score (nSPS) is 12.3. The Balaban J connectivity index is 2.16. The number of aromatic nitrogens is 1. The molecule has 0 N–H and O–H groups in total. The molecule has 122 valence electrons. The van der Waals surface area contributed by atoms with Crippen molar-refractivity contribution < 1.29 is 4.79 Å². The van der Waals surface area contributed by atoms with Gasteiger partial charge in [0.15, 0.2) is 0 Å². The molecule has 0 aliphatic carbocycles. The average Bonchev–Trinajstić information content (AvgIpc) is 2.60. The fourth-order valence-corrected chi connectivity index (χ4v) is 3.08. The molecule has 0 saturated heterocycles. The summed E-state index contributed by atoms with van der Waals surface area (Å²) in [7, 11) is 0. The summed E-state index contributed by atoms with van der Waals surface area (Å²) in [4.78, 5) is 16.6. The van der Waals surface area contributed by atoms with Crippen molar-refractivity contribution in [3.05, 3.63) is 65.2 Å². The molecule has 0 saturated carbocycles. The van der Waals surface area contributed by atoms with Crippen LogP contribution < -0.4 is 0 Å². The van der Waals surface area contributed by atoms with Gasteiger partial charge in [0, 0.05) is 16.5 Å². The fourth-order valence-electron chi connectivity index (χ4n) is 2.92. The van der Waals surface area contributed by atoms with Crippen molar-refractivity contribution in [3.8, 4) is 11.3 Å². The van der Waals surface area contributed by atoms with Gasteiger partial charge in [-0.15, -0.1) is 0 Å². The lowest BCUT2D eigenvalue weighted by Crippen LogP contribution is -1.97. The van der Waals surface area contributed by atoms with E-state index in [1.54, 1.807) is 6.07 Å². The Hall–Kier alpha value is -2.19. The number of carbonyl (C=O) groups is 1. The molecule has 24 heavy (non-hydrogen) atoms. The van der Waals surface area contributed by atoms with Crippen molar-refractivity contribution in [2.45, 2.75) is 33.1 Å². The third-order valence-corrected chi connectivity index (χ3v) is 4.84. The lowest BCUT2D eigenvalue weighted by atomic mass is 9.96. The summed E-state index contributed by atoms with van der Waals surface area (Å²) >= 11 is 5.81. The van der Waals surface area contributed by atoms with Crippen LogP contribution in [0.2, 0.25) is 0 Å². The molecule has 2 aromatic carbocycles. The number of aryl methyl sites for hydroxylation is 1. The Morgan fingerprint density at radius 1 is 1.17 bits per heavy atom. The van der Waals surface area contributed by atoms with Crippen LogP contribution in [0.25, 0.3) is 22.2 Å². The quantitative estimate of drug-likeness (QED) is 0.538. The molecule has 0 bridgehead atoms. The highest BCUT2D eigenvalue weighted by Gasteiger charge is 2.13. The van der Waals surface area contributed by atoms with E-state index in [0.29, 0.717) is 11.5 Å². The lowest BCUT2D eigenvalue weighted by molar-refractivity contribution is 0.108. The van der Waals surface area contributed by atoms with Crippen LogP contribution in [0.1, 0.15) is 47.7 Å². The van der Waals surface area contributed by atoms with Gasteiger partial charge in [-0.25, -0.2) is 4.98 Å². The van der Waals surface area contributed by atoms with Crippen molar-refractivity contribution in [2.24, 2.45) is 0 Å². The van der Waals surface area contributed by atoms with Crippen LogP contribution in [0.5, 0.6) is 0 Å². The van der Waals surface area contributed by atoms with E-state index in [2.05, 4.69) is 38.1 Å². The van der Waals surface area contributed by atoms with Crippen molar-refractivity contribution in [1.82, 2.24) is 4.98 Å². The van der Waals surface area contributed by atoms with Gasteiger partial charge < -0.3 is 0 Å². The van der Waals surface area contributed by atoms with Gasteiger partial charge in [-0.05, 0) is 48.1 Å². The number of nitrogens with zero attached hydrogens (tertiary/aromatic N) is 1. The smallest absolute Gasteiger partial charge is 0.253 e. The van der Waals surface area contributed by atoms with E-state index in [-0.39, 0.29) is 0 Å². The van der Waals surface area contributed by atoms with Gasteiger partial charge in [0.2, 0.25) is 0 Å². The molecule has 1 heterocycles. The van der Waals surface area contributed by atoms with Crippen LogP contribution in [0.4, 0.5) is 0 Å². The first kappa shape index (κ1) is 16.7. The summed E-state index contributed by atoms with van der Waals surface area (Å²) in [6.07, 6.45) is 1.11. The summed E-state index contributed by atoms with van der Waals surface area (Å²) in [5.74, 6) is 0.533. The molecule has 0 radical (unpaired) electrons. The molecule has 3 aromatic rings. The zero-order valence-electron chi connectivity index (χ0n) is 14.1. The number of fused-ring (bicyclic) bond motifs is 1. The summed E-state index contributed by atoms with van der Waals surface area (Å²) in [6.45, 7) is 6.40. The van der Waals surface area contributed by atoms with Gasteiger partial charge in [-0.3, -0.25) is 4.79 Å². The summed E-state index contributed by atoms with van der Waals surface area (Å²) in [6, 6.07) is 16.0. The van der Waals surface area contributed by atoms with Crippen LogP contribution in [0, 0.1) is 6.92 Å². The largest absolute Gasteiger partial charge is 0.276 e. The second-order valence-corrected chi connectivity index (χ2v) is 6.57. The minimum Gasteiger partial charge on any atom is -0.276 e. The molecule has 0 aliphatic heterocycles. The maximum absolute atomic E-state index is 11.9. The Morgan fingerprint density at radius 2 is 1.88 bits per heavy atom. The van der Waals surface area contributed by atoms with Crippen LogP contribution in [0.15, 0.2) is 48.5 Å². The zero-order valence-corrected chi connectivity index (χ0v) is 14.9. The summed E-state index contributed by atoms with van der Waals surface area (Å²) in [5.41, 5.74) is 5.44. The fraction of sp³-hybridized carbons (Fsp3) is 0.238. The first-order chi connectivity index (χ1) is 11.5. The van der Waals surface area contributed by atoms with E-state index in [0.717, 1.165) is 34.1 Å². The van der Waals surface area contributed by atoms with Gasteiger partial charge in [0.05, 0.1) is 11.2 Å². The Bertz CT molecular complexity index is 900. The van der Waals surface area contributed by atoms with E-state index in [4.69, 9.17) is 16.6 Å². The minimum atomic E-state index is -0.453. The van der Waals surface area contributed by atoms with E-state index < -0.39 is 5.24 Å². The molecular weight excluding hydrogens is 318 g/mol. The minimum absolute atomic E-state index is 0.453. The molecule has 3 heteroatoms. The topological polar surface area (TPSA) is 30.0 Å². The standard InChI is InChI=1S/C21H20ClNO/c1-4-13(2)15-8-10-16(11-9-15)19-12-18(21(22)24)17-7-5-6-14(3)20(17)23-19/h5-13H,4H2,1-3H3. The number of benzene rings is 2. The summed E-state index contributed by atoms with van der Waals surface area (Å²) < 4.78 is 0. The molecular formula is C21H20ClNO. The number of hydrogen-bond acceptors (Lipinski definition) is 2. The Labute approximate surface area is 147 Å². The highest BCUT2D eigenvalue weighted by Crippen LogP contribution is 2.29. The van der Waals surface area contributed by atoms with Crippen molar-refractivity contribution >= 4 is 27.7 Å². The number of halogens is 1. The molecule has 0 spiro atoms. The number of carbonyl (C=O) groups excluding carboxylic acids is 1. The van der Waals surface area contributed by atoms with E-state index in [1.807, 2.05) is 25.1 Å². The second-order valence-electron chi connectivity index (χ2n) is 6.23. The zero-order chi connectivity index (χ0) is 17.3. The molecule has 1 aromatic heterocycles. The van der Waals surface area contributed by atoms with E-state index in [9.17, 15) is 4.79 Å². The third-order valence-electron chi connectivity index (χ3n) is 4.64. The van der Waals surface area contributed by atoms with Crippen molar-refractivity contribution in [3.63, 3.8) is 0 Å². The molecule has 3 rings (SSSR count). The van der Waals surface area contributed by atoms with Crippen LogP contribution in [-0.4, -0.2) is 10.2 Å². The number of pyridine rings is 1. The third kappa shape index (κ3) is 3.07. The van der Waals surface area contributed by atoms with Crippen LogP contribution in [-0.2, 0) is 0 Å². The van der Waals surface area contributed by atoms with Gasteiger partial charge in [-0.1, -0.05) is 56.3 Å². The molecule has 0 aliphatic rings. The monoisotopic (exact) mass is 337 g/mol. The van der Waals surface area contributed by atoms with Crippen LogP contribution in [0.3, 0.4) is 0 Å². The molecule has 2 nitrogen and oxygen atoms in total. The molecule has 1 atom stereocenters. The predicted molar refractivity (Wildman–Crippen MR) is 101 cm³/mol. The Kier molecular flexibility index (Phi) is 4.68. The number of rotatable bonds is 4. The van der Waals surface area contributed by atoms with Crippen molar-refractivity contribution in [2.75, 3.05) is 0 Å². The van der Waals surface area contributed by atoms with Gasteiger partial charge >= 0.3 is 0 Å². The first-order valence-corrected chi connectivity index (χ1v) is 8.59. The predicted octanol–water partition coefficient (Wildman–Crippen LogP) is 6.10. The number of hydrogen-bond donors (Lipinski definition) is 0. The highest BCUT2D eigenvalue weighted by molar-refractivity contribution is 6.68. The first-order valence-electron chi connectivity index (χ1n) is 8.21. The van der Waals surface area contributed by atoms with Crippen LogP contribution >= 0.6 is 11.6 Å². The SMILES string of the molecule is CCC(C)c1ccc(-c2cc(C(=O)Cl)c3cccc(C)c3n2)cc1. The molecule has 1 unspecified atom stereocenters. The average molecular weight is 338 g/mol. The van der Waals surface area contributed by atoms with Gasteiger partial charge in [-0.2, -0.15) is 0 Å². The van der Waals surface area contributed by atoms with E-state index >= 15 is 0 Å². The second kappa shape index (κ2) is 6.74. The summed E-state index contributed by atoms with van der Waals surface area (Å²) in [5, 5.41) is 0.348.